The van der Waals surface area contributed by atoms with Gasteiger partial charge < -0.3 is 5.11 Å². The van der Waals surface area contributed by atoms with E-state index in [2.05, 4.69) is 32.0 Å². The fourth-order valence-corrected chi connectivity index (χ4v) is 4.37. The van der Waals surface area contributed by atoms with E-state index in [0.717, 1.165) is 19.3 Å². The van der Waals surface area contributed by atoms with Crippen LogP contribution in [-0.4, -0.2) is 10.7 Å². The molecule has 0 saturated heterocycles. The molecule has 0 spiro atoms. The van der Waals surface area contributed by atoms with E-state index >= 15 is 0 Å². The van der Waals surface area contributed by atoms with Gasteiger partial charge in [0.15, 0.2) is 0 Å². The van der Waals surface area contributed by atoms with Crippen LogP contribution in [0.5, 0.6) is 0 Å². The summed E-state index contributed by atoms with van der Waals surface area (Å²) in [4.78, 5) is 0. The summed E-state index contributed by atoms with van der Waals surface area (Å²) in [6, 6.07) is 10.8. The highest BCUT2D eigenvalue weighted by atomic mass is 16.3. The van der Waals surface area contributed by atoms with E-state index in [4.69, 9.17) is 0 Å². The molecule has 2 heteroatoms. The first-order valence-electron chi connectivity index (χ1n) is 7.71. The third kappa shape index (κ3) is 1.80. The largest absolute Gasteiger partial charge is 0.388 e. The minimum atomic E-state index is -0.849. The zero-order valence-electron chi connectivity index (χ0n) is 12.4. The summed E-state index contributed by atoms with van der Waals surface area (Å²) in [5, 5.41) is 21.3. The lowest BCUT2D eigenvalue weighted by Crippen LogP contribution is -2.55. The first-order valence-corrected chi connectivity index (χ1v) is 7.71. The summed E-state index contributed by atoms with van der Waals surface area (Å²) >= 11 is 0. The molecule has 0 aliphatic heterocycles. The third-order valence-corrected chi connectivity index (χ3v) is 5.71. The average Bonchev–Trinajstić information content (AvgIpc) is 2.83. The molecule has 3 rings (SSSR count). The lowest BCUT2D eigenvalue weighted by molar-refractivity contribution is -0.127. The van der Waals surface area contributed by atoms with Gasteiger partial charge in [-0.3, -0.25) is 0 Å². The van der Waals surface area contributed by atoms with E-state index in [-0.39, 0.29) is 5.92 Å². The molecule has 3 unspecified atom stereocenters. The number of fused-ring (bicyclic) bond motifs is 1. The van der Waals surface area contributed by atoms with E-state index in [1.165, 1.54) is 11.1 Å². The van der Waals surface area contributed by atoms with Gasteiger partial charge in [-0.2, -0.15) is 5.26 Å². The molecule has 1 aromatic rings. The van der Waals surface area contributed by atoms with Gasteiger partial charge in [-0.15, -0.1) is 0 Å². The Morgan fingerprint density at radius 1 is 1.15 bits per heavy atom. The van der Waals surface area contributed by atoms with Crippen LogP contribution in [0.1, 0.15) is 44.2 Å². The Bertz CT molecular complexity index is 534. The van der Waals surface area contributed by atoms with Crippen LogP contribution in [0.25, 0.3) is 0 Å². The highest BCUT2D eigenvalue weighted by molar-refractivity contribution is 5.39. The highest BCUT2D eigenvalue weighted by Crippen LogP contribution is 2.53. The minimum absolute atomic E-state index is 0.202. The van der Waals surface area contributed by atoms with Crippen LogP contribution in [0.3, 0.4) is 0 Å². The molecule has 1 aromatic carbocycles. The zero-order valence-corrected chi connectivity index (χ0v) is 12.4. The van der Waals surface area contributed by atoms with E-state index in [1.54, 1.807) is 0 Å². The van der Waals surface area contributed by atoms with Crippen molar-refractivity contribution in [3.8, 4) is 6.07 Å². The molecule has 2 aliphatic rings. The van der Waals surface area contributed by atoms with E-state index in [0.29, 0.717) is 18.8 Å². The summed E-state index contributed by atoms with van der Waals surface area (Å²) in [5.41, 5.74) is 1.00. The number of rotatable bonds is 1. The Labute approximate surface area is 121 Å². The Balaban J connectivity index is 2.01. The van der Waals surface area contributed by atoms with Gasteiger partial charge in [0.05, 0.1) is 17.1 Å². The average molecular weight is 269 g/mol. The molecule has 0 amide bonds. The molecule has 20 heavy (non-hydrogen) atoms. The van der Waals surface area contributed by atoms with Crippen LogP contribution in [0.15, 0.2) is 24.3 Å². The minimum Gasteiger partial charge on any atom is -0.388 e. The summed E-state index contributed by atoms with van der Waals surface area (Å²) in [7, 11) is 0. The Morgan fingerprint density at radius 2 is 1.75 bits per heavy atom. The molecule has 2 aliphatic carbocycles. The van der Waals surface area contributed by atoms with Crippen LogP contribution in [0.4, 0.5) is 0 Å². The molecule has 3 atom stereocenters. The van der Waals surface area contributed by atoms with Crippen LogP contribution in [0, 0.1) is 28.6 Å². The van der Waals surface area contributed by atoms with Crippen molar-refractivity contribution in [2.24, 2.45) is 17.3 Å². The predicted octanol–water partition coefficient (Wildman–Crippen LogP) is 3.48. The molecule has 1 saturated carbocycles. The van der Waals surface area contributed by atoms with E-state index < -0.39 is 11.0 Å². The second kappa shape index (κ2) is 4.60. The lowest BCUT2D eigenvalue weighted by atomic mass is 9.58. The highest BCUT2D eigenvalue weighted by Gasteiger charge is 2.57. The molecular weight excluding hydrogens is 246 g/mol. The molecule has 1 fully saturated rings. The monoisotopic (exact) mass is 269 g/mol. The topological polar surface area (TPSA) is 44.0 Å². The maximum Gasteiger partial charge on any atom is 0.0943 e. The number of hydrogen-bond acceptors (Lipinski definition) is 2. The molecular formula is C18H23NO. The SMILES string of the molecule is CC1CCC(C)C(O)(C2(C#N)Cc3ccccc3C2)C1. The summed E-state index contributed by atoms with van der Waals surface area (Å²) in [6.45, 7) is 4.32. The number of benzene rings is 1. The van der Waals surface area contributed by atoms with Crippen molar-refractivity contribution in [1.82, 2.24) is 0 Å². The molecule has 0 bridgehead atoms. The fourth-order valence-electron chi connectivity index (χ4n) is 4.37. The van der Waals surface area contributed by atoms with Crippen molar-refractivity contribution in [3.05, 3.63) is 35.4 Å². The molecule has 2 nitrogen and oxygen atoms in total. The number of nitriles is 1. The standard InChI is InChI=1S/C18H23NO/c1-13-7-8-14(2)18(20,9-13)17(12-19)10-15-5-3-4-6-16(15)11-17/h3-6,13-14,20H,7-11H2,1-2H3. The Morgan fingerprint density at radius 3 is 2.30 bits per heavy atom. The van der Waals surface area contributed by atoms with Gasteiger partial charge in [-0.1, -0.05) is 44.5 Å². The quantitative estimate of drug-likeness (QED) is 0.848. The first-order chi connectivity index (χ1) is 9.51. The second-order valence-electron chi connectivity index (χ2n) is 7.03. The molecule has 0 heterocycles. The third-order valence-electron chi connectivity index (χ3n) is 5.71. The van der Waals surface area contributed by atoms with Gasteiger partial charge in [0.2, 0.25) is 0 Å². The van der Waals surface area contributed by atoms with Crippen LogP contribution < -0.4 is 0 Å². The van der Waals surface area contributed by atoms with Gasteiger partial charge in [0.1, 0.15) is 0 Å². The Kier molecular flexibility index (Phi) is 3.14. The fraction of sp³-hybridized carbons (Fsp3) is 0.611. The normalized spacial score (nSPS) is 35.3. The molecule has 106 valence electrons. The van der Waals surface area contributed by atoms with Gasteiger partial charge in [0.25, 0.3) is 0 Å². The van der Waals surface area contributed by atoms with Crippen molar-refractivity contribution in [2.75, 3.05) is 0 Å². The van der Waals surface area contributed by atoms with Crippen molar-refractivity contribution in [2.45, 2.75) is 51.6 Å². The molecule has 1 N–H and O–H groups in total. The van der Waals surface area contributed by atoms with Crippen molar-refractivity contribution < 1.29 is 5.11 Å². The second-order valence-corrected chi connectivity index (χ2v) is 7.03. The van der Waals surface area contributed by atoms with E-state index in [9.17, 15) is 10.4 Å². The molecule has 0 radical (unpaired) electrons. The molecule has 0 aromatic heterocycles. The first kappa shape index (κ1) is 13.6. The van der Waals surface area contributed by atoms with E-state index in [1.807, 2.05) is 12.1 Å². The lowest BCUT2D eigenvalue weighted by Gasteiger charge is -2.49. The number of hydrogen-bond donors (Lipinski definition) is 1. The summed E-state index contributed by atoms with van der Waals surface area (Å²) < 4.78 is 0. The van der Waals surface area contributed by atoms with Gasteiger partial charge in [-0.25, -0.2) is 0 Å². The maximum absolute atomic E-state index is 11.4. The van der Waals surface area contributed by atoms with Gasteiger partial charge in [0, 0.05) is 0 Å². The van der Waals surface area contributed by atoms with Crippen molar-refractivity contribution >= 4 is 0 Å². The van der Waals surface area contributed by atoms with Crippen molar-refractivity contribution in [1.29, 1.82) is 5.26 Å². The summed E-state index contributed by atoms with van der Waals surface area (Å²) in [6.07, 6.45) is 4.35. The van der Waals surface area contributed by atoms with Crippen LogP contribution in [0.2, 0.25) is 0 Å². The maximum atomic E-state index is 11.4. The van der Waals surface area contributed by atoms with Crippen LogP contribution >= 0.6 is 0 Å². The number of aliphatic hydroxyl groups is 1. The summed E-state index contributed by atoms with van der Waals surface area (Å²) in [5.74, 6) is 0.706. The predicted molar refractivity (Wildman–Crippen MR) is 79.0 cm³/mol. The Hall–Kier alpha value is -1.33. The number of nitrogens with zero attached hydrogens (tertiary/aromatic N) is 1. The smallest absolute Gasteiger partial charge is 0.0943 e. The van der Waals surface area contributed by atoms with Crippen molar-refractivity contribution in [3.63, 3.8) is 0 Å². The van der Waals surface area contributed by atoms with Gasteiger partial charge >= 0.3 is 0 Å². The van der Waals surface area contributed by atoms with Crippen LogP contribution in [-0.2, 0) is 12.8 Å². The van der Waals surface area contributed by atoms with Gasteiger partial charge in [-0.05, 0) is 48.6 Å². The zero-order chi connectivity index (χ0) is 14.4.